The number of hydrogen-bond donors (Lipinski definition) is 1. The van der Waals surface area contributed by atoms with Gasteiger partial charge in [-0.1, -0.05) is 6.07 Å². The van der Waals surface area contributed by atoms with Crippen molar-refractivity contribution >= 4 is 11.6 Å². The number of carbonyl (C=O) groups is 1. The first-order valence-corrected chi connectivity index (χ1v) is 6.93. The second-order valence-corrected chi connectivity index (χ2v) is 5.10. The van der Waals surface area contributed by atoms with Crippen LogP contribution in [0.5, 0.6) is 5.75 Å². The fraction of sp³-hybridized carbons (Fsp3) is 0.250. The van der Waals surface area contributed by atoms with Crippen molar-refractivity contribution in [2.75, 3.05) is 12.4 Å². The summed E-state index contributed by atoms with van der Waals surface area (Å²) in [5.41, 5.74) is -1.34. The Morgan fingerprint density at radius 3 is 2.62 bits per heavy atom. The Morgan fingerprint density at radius 2 is 2.00 bits per heavy atom. The lowest BCUT2D eigenvalue weighted by molar-refractivity contribution is -0.139. The number of ether oxygens (including phenoxy) is 1. The molecule has 5 nitrogen and oxygen atoms in total. The van der Waals surface area contributed by atoms with Gasteiger partial charge < -0.3 is 14.6 Å². The van der Waals surface area contributed by atoms with Gasteiger partial charge in [-0.2, -0.15) is 13.2 Å². The van der Waals surface area contributed by atoms with E-state index in [2.05, 4.69) is 5.32 Å². The third-order valence-corrected chi connectivity index (χ3v) is 3.27. The SMILES string of the molecule is COc1ccc(C)cc1NC(=O)Cn1cccc(C(F)(F)F)c1=O. The molecule has 0 unspecified atom stereocenters. The summed E-state index contributed by atoms with van der Waals surface area (Å²) in [4.78, 5) is 23.9. The molecule has 1 aromatic carbocycles. The molecule has 1 heterocycles. The quantitative estimate of drug-likeness (QED) is 0.931. The molecule has 0 aliphatic heterocycles. The summed E-state index contributed by atoms with van der Waals surface area (Å²) in [5.74, 6) is -0.231. The van der Waals surface area contributed by atoms with Crippen LogP contribution in [0, 0.1) is 6.92 Å². The highest BCUT2D eigenvalue weighted by atomic mass is 19.4. The van der Waals surface area contributed by atoms with E-state index in [4.69, 9.17) is 4.74 Å². The van der Waals surface area contributed by atoms with E-state index in [9.17, 15) is 22.8 Å². The van der Waals surface area contributed by atoms with Gasteiger partial charge in [-0.05, 0) is 36.8 Å². The minimum atomic E-state index is -4.77. The number of aromatic nitrogens is 1. The van der Waals surface area contributed by atoms with Gasteiger partial charge in [0.05, 0.1) is 12.8 Å². The number of anilines is 1. The van der Waals surface area contributed by atoms with Gasteiger partial charge in [-0.15, -0.1) is 0 Å². The molecule has 24 heavy (non-hydrogen) atoms. The van der Waals surface area contributed by atoms with E-state index in [-0.39, 0.29) is 0 Å². The maximum absolute atomic E-state index is 12.7. The number of aryl methyl sites for hydroxylation is 1. The molecule has 0 spiro atoms. The fourth-order valence-electron chi connectivity index (χ4n) is 2.14. The first-order valence-electron chi connectivity index (χ1n) is 6.93. The maximum atomic E-state index is 12.7. The third kappa shape index (κ3) is 3.95. The summed E-state index contributed by atoms with van der Waals surface area (Å²) in [6, 6.07) is 6.85. The molecule has 1 aromatic heterocycles. The molecular formula is C16H15F3N2O3. The molecule has 128 valence electrons. The lowest BCUT2D eigenvalue weighted by atomic mass is 10.2. The number of amides is 1. The van der Waals surface area contributed by atoms with Crippen molar-refractivity contribution in [3.8, 4) is 5.75 Å². The summed E-state index contributed by atoms with van der Waals surface area (Å²) in [6.07, 6.45) is -3.64. The number of methoxy groups -OCH3 is 1. The smallest absolute Gasteiger partial charge is 0.421 e. The number of benzene rings is 1. The molecule has 0 saturated heterocycles. The number of carbonyl (C=O) groups excluding carboxylic acids is 1. The van der Waals surface area contributed by atoms with Crippen LogP contribution >= 0.6 is 0 Å². The highest BCUT2D eigenvalue weighted by Gasteiger charge is 2.34. The summed E-state index contributed by atoms with van der Waals surface area (Å²) in [6.45, 7) is 1.27. The van der Waals surface area contributed by atoms with Crippen LogP contribution in [0.3, 0.4) is 0 Å². The van der Waals surface area contributed by atoms with Crippen LogP contribution in [0.1, 0.15) is 11.1 Å². The predicted octanol–water partition coefficient (Wildman–Crippen LogP) is 2.82. The fourth-order valence-corrected chi connectivity index (χ4v) is 2.14. The van der Waals surface area contributed by atoms with Crippen molar-refractivity contribution in [2.24, 2.45) is 0 Å². The molecule has 2 aromatic rings. The third-order valence-electron chi connectivity index (χ3n) is 3.27. The highest BCUT2D eigenvalue weighted by Crippen LogP contribution is 2.26. The zero-order valence-corrected chi connectivity index (χ0v) is 13.0. The second kappa shape index (κ2) is 6.77. The lowest BCUT2D eigenvalue weighted by Gasteiger charge is -2.13. The van der Waals surface area contributed by atoms with Crippen LogP contribution in [-0.2, 0) is 17.5 Å². The van der Waals surface area contributed by atoms with Crippen LogP contribution in [0.15, 0.2) is 41.3 Å². The van der Waals surface area contributed by atoms with Gasteiger partial charge in [-0.25, -0.2) is 0 Å². The van der Waals surface area contributed by atoms with Gasteiger partial charge in [0.25, 0.3) is 5.56 Å². The average Bonchev–Trinajstić information content (AvgIpc) is 2.48. The van der Waals surface area contributed by atoms with Crippen molar-refractivity contribution < 1.29 is 22.7 Å². The largest absolute Gasteiger partial charge is 0.495 e. The number of nitrogens with one attached hydrogen (secondary N) is 1. The van der Waals surface area contributed by atoms with Crippen molar-refractivity contribution in [3.05, 3.63) is 58.0 Å². The minimum absolute atomic E-state index is 0.377. The molecular weight excluding hydrogens is 325 g/mol. The monoisotopic (exact) mass is 340 g/mol. The van der Waals surface area contributed by atoms with Gasteiger partial charge in [0, 0.05) is 6.20 Å². The summed E-state index contributed by atoms with van der Waals surface area (Å²) in [5, 5.41) is 2.53. The zero-order valence-electron chi connectivity index (χ0n) is 13.0. The molecule has 2 rings (SSSR count). The van der Waals surface area contributed by atoms with E-state index >= 15 is 0 Å². The minimum Gasteiger partial charge on any atom is -0.495 e. The summed E-state index contributed by atoms with van der Waals surface area (Å²) < 4.78 is 44.0. The van der Waals surface area contributed by atoms with Gasteiger partial charge in [0.1, 0.15) is 17.9 Å². The molecule has 0 fully saturated rings. The zero-order chi connectivity index (χ0) is 17.9. The number of hydrogen-bond acceptors (Lipinski definition) is 3. The van der Waals surface area contributed by atoms with Crippen molar-refractivity contribution in [2.45, 2.75) is 19.6 Å². The summed E-state index contributed by atoms with van der Waals surface area (Å²) in [7, 11) is 1.43. The normalized spacial score (nSPS) is 11.2. The van der Waals surface area contributed by atoms with Gasteiger partial charge >= 0.3 is 6.18 Å². The molecule has 0 radical (unpaired) electrons. The average molecular weight is 340 g/mol. The second-order valence-electron chi connectivity index (χ2n) is 5.10. The van der Waals surface area contributed by atoms with Crippen molar-refractivity contribution in [1.82, 2.24) is 4.57 Å². The topological polar surface area (TPSA) is 60.3 Å². The summed E-state index contributed by atoms with van der Waals surface area (Å²) >= 11 is 0. The van der Waals surface area contributed by atoms with E-state index in [1.807, 2.05) is 6.92 Å². The highest BCUT2D eigenvalue weighted by molar-refractivity contribution is 5.92. The Hall–Kier alpha value is -2.77. The lowest BCUT2D eigenvalue weighted by Crippen LogP contribution is -2.32. The van der Waals surface area contributed by atoms with E-state index in [1.54, 1.807) is 18.2 Å². The van der Waals surface area contributed by atoms with E-state index in [0.717, 1.165) is 17.8 Å². The molecule has 1 amide bonds. The van der Waals surface area contributed by atoms with Crippen molar-refractivity contribution in [1.29, 1.82) is 0 Å². The Bertz CT molecular complexity index is 813. The van der Waals surface area contributed by atoms with Gasteiger partial charge in [0.15, 0.2) is 0 Å². The Morgan fingerprint density at radius 1 is 1.29 bits per heavy atom. The Kier molecular flexibility index (Phi) is 4.96. The number of halogens is 3. The van der Waals surface area contributed by atoms with Gasteiger partial charge in [0.2, 0.25) is 5.91 Å². The van der Waals surface area contributed by atoms with E-state index < -0.39 is 29.8 Å². The molecule has 8 heteroatoms. The van der Waals surface area contributed by atoms with Crippen LogP contribution in [-0.4, -0.2) is 17.6 Å². The van der Waals surface area contributed by atoms with Crippen molar-refractivity contribution in [3.63, 3.8) is 0 Å². The first-order chi connectivity index (χ1) is 11.2. The van der Waals surface area contributed by atoms with E-state index in [1.165, 1.54) is 7.11 Å². The standard InChI is InChI=1S/C16H15F3N2O3/c1-10-5-6-13(24-2)12(8-10)20-14(22)9-21-7-3-4-11(15(21)23)16(17,18)19/h3-8H,9H2,1-2H3,(H,20,22). The molecule has 0 saturated carbocycles. The predicted molar refractivity (Wildman–Crippen MR) is 82.1 cm³/mol. The molecule has 0 aliphatic carbocycles. The number of rotatable bonds is 4. The van der Waals surface area contributed by atoms with Crippen LogP contribution in [0.25, 0.3) is 0 Å². The van der Waals surface area contributed by atoms with Crippen LogP contribution in [0.2, 0.25) is 0 Å². The maximum Gasteiger partial charge on any atom is 0.421 e. The Labute approximate surface area is 135 Å². The van der Waals surface area contributed by atoms with E-state index in [0.29, 0.717) is 22.1 Å². The number of nitrogens with zero attached hydrogens (tertiary/aromatic N) is 1. The molecule has 0 aliphatic rings. The van der Waals surface area contributed by atoms with Gasteiger partial charge in [-0.3, -0.25) is 9.59 Å². The van der Waals surface area contributed by atoms with Crippen LogP contribution < -0.4 is 15.6 Å². The molecule has 1 N–H and O–H groups in total. The first kappa shape index (κ1) is 17.6. The molecule has 0 atom stereocenters. The Balaban J connectivity index is 2.23. The molecule has 0 bridgehead atoms. The van der Waals surface area contributed by atoms with Crippen LogP contribution in [0.4, 0.5) is 18.9 Å². The number of pyridine rings is 1. The number of alkyl halides is 3.